The van der Waals surface area contributed by atoms with Crippen molar-refractivity contribution >= 4 is 5.84 Å². The fourth-order valence-corrected chi connectivity index (χ4v) is 1.14. The molecule has 0 aliphatic carbocycles. The molecule has 2 nitrogen and oxygen atoms in total. The molecule has 1 aliphatic heterocycles. The van der Waals surface area contributed by atoms with Crippen LogP contribution in [-0.2, 0) is 0 Å². The normalized spacial score (nSPS) is 20.5. The third-order valence-corrected chi connectivity index (χ3v) is 1.90. The standard InChI is InChI=1S/C8H14F2N2/c1-6(8(9)10)12-7-4-2-3-5-11-7/h6,8H,2-5H2,1H3,(H,11,12). The predicted molar refractivity (Wildman–Crippen MR) is 44.8 cm³/mol. The summed E-state index contributed by atoms with van der Waals surface area (Å²) in [6, 6.07) is -0.776. The van der Waals surface area contributed by atoms with E-state index in [0.717, 1.165) is 31.6 Å². The molecule has 1 N–H and O–H groups in total. The third-order valence-electron chi connectivity index (χ3n) is 1.90. The van der Waals surface area contributed by atoms with Crippen molar-refractivity contribution in [1.82, 2.24) is 5.32 Å². The molecule has 12 heavy (non-hydrogen) atoms. The van der Waals surface area contributed by atoms with Gasteiger partial charge in [-0.15, -0.1) is 0 Å². The summed E-state index contributed by atoms with van der Waals surface area (Å²) in [6.45, 7) is 2.25. The summed E-state index contributed by atoms with van der Waals surface area (Å²) >= 11 is 0. The van der Waals surface area contributed by atoms with Crippen molar-refractivity contribution in [3.8, 4) is 0 Å². The van der Waals surface area contributed by atoms with Gasteiger partial charge in [0.2, 0.25) is 0 Å². The summed E-state index contributed by atoms with van der Waals surface area (Å²) in [5, 5.41) is 2.72. The predicted octanol–water partition coefficient (Wildman–Crippen LogP) is 1.81. The van der Waals surface area contributed by atoms with Gasteiger partial charge in [-0.3, -0.25) is 4.99 Å². The van der Waals surface area contributed by atoms with Gasteiger partial charge in [0.1, 0.15) is 0 Å². The Morgan fingerprint density at radius 1 is 1.42 bits per heavy atom. The molecule has 0 saturated carbocycles. The van der Waals surface area contributed by atoms with Crippen molar-refractivity contribution in [2.45, 2.75) is 38.7 Å². The lowest BCUT2D eigenvalue weighted by Crippen LogP contribution is -2.38. The highest BCUT2D eigenvalue weighted by atomic mass is 19.3. The quantitative estimate of drug-likeness (QED) is 0.681. The average molecular weight is 176 g/mol. The van der Waals surface area contributed by atoms with E-state index in [1.165, 1.54) is 6.92 Å². The molecule has 0 fully saturated rings. The Morgan fingerprint density at radius 3 is 2.67 bits per heavy atom. The van der Waals surface area contributed by atoms with E-state index in [0.29, 0.717) is 0 Å². The number of hydrogen-bond acceptors (Lipinski definition) is 2. The molecule has 0 aromatic heterocycles. The highest BCUT2D eigenvalue weighted by Crippen LogP contribution is 2.06. The number of rotatable bonds is 2. The van der Waals surface area contributed by atoms with Crippen molar-refractivity contribution in [3.63, 3.8) is 0 Å². The zero-order chi connectivity index (χ0) is 8.97. The fraction of sp³-hybridized carbons (Fsp3) is 0.875. The summed E-state index contributed by atoms with van der Waals surface area (Å²) < 4.78 is 24.1. The maximum absolute atomic E-state index is 12.1. The van der Waals surface area contributed by atoms with Gasteiger partial charge in [0.05, 0.1) is 11.9 Å². The molecule has 0 radical (unpaired) electrons. The molecule has 0 aromatic carbocycles. The van der Waals surface area contributed by atoms with Crippen LogP contribution in [0.5, 0.6) is 0 Å². The minimum absolute atomic E-state index is 0.744. The second-order valence-electron chi connectivity index (χ2n) is 3.05. The van der Waals surface area contributed by atoms with Gasteiger partial charge < -0.3 is 5.32 Å². The van der Waals surface area contributed by atoms with Crippen LogP contribution in [0.1, 0.15) is 26.2 Å². The lowest BCUT2D eigenvalue weighted by Gasteiger charge is -2.18. The van der Waals surface area contributed by atoms with Crippen molar-refractivity contribution in [2.75, 3.05) is 6.54 Å². The van der Waals surface area contributed by atoms with Gasteiger partial charge in [0.25, 0.3) is 6.43 Å². The molecule has 0 aromatic rings. The molecular weight excluding hydrogens is 162 g/mol. The number of halogens is 2. The molecule has 0 saturated heterocycles. The van der Waals surface area contributed by atoms with Crippen LogP contribution in [-0.4, -0.2) is 24.8 Å². The number of hydrogen-bond donors (Lipinski definition) is 1. The lowest BCUT2D eigenvalue weighted by molar-refractivity contribution is 0.114. The molecular formula is C8H14F2N2. The summed E-state index contributed by atoms with van der Waals surface area (Å²) in [5.41, 5.74) is 0. The number of nitrogens with one attached hydrogen (secondary N) is 1. The van der Waals surface area contributed by atoms with Gasteiger partial charge in [-0.2, -0.15) is 0 Å². The molecule has 0 bridgehead atoms. The molecule has 1 rings (SSSR count). The molecule has 1 aliphatic rings. The van der Waals surface area contributed by atoms with Gasteiger partial charge >= 0.3 is 0 Å². The van der Waals surface area contributed by atoms with E-state index in [1.54, 1.807) is 0 Å². The molecule has 1 atom stereocenters. The summed E-state index contributed by atoms with van der Waals surface area (Å²) in [5.74, 6) is 0.744. The molecule has 0 spiro atoms. The molecule has 0 amide bonds. The first-order valence-corrected chi connectivity index (χ1v) is 4.28. The largest absolute Gasteiger partial charge is 0.366 e. The van der Waals surface area contributed by atoms with Gasteiger partial charge in [0.15, 0.2) is 0 Å². The Balaban J connectivity index is 2.34. The van der Waals surface area contributed by atoms with Crippen molar-refractivity contribution in [1.29, 1.82) is 0 Å². The molecule has 1 unspecified atom stereocenters. The summed E-state index contributed by atoms with van der Waals surface area (Å²) in [6.07, 6.45) is 0.641. The number of aliphatic imine (C=N–C) groups is 1. The Bertz CT molecular complexity index is 168. The SMILES string of the molecule is CC(NC1=NCCCC1)C(F)F. The van der Waals surface area contributed by atoms with Crippen LogP contribution >= 0.6 is 0 Å². The first-order chi connectivity index (χ1) is 5.70. The molecule has 70 valence electrons. The van der Waals surface area contributed by atoms with Gasteiger partial charge in [-0.1, -0.05) is 0 Å². The topological polar surface area (TPSA) is 24.4 Å². The Morgan fingerprint density at radius 2 is 2.17 bits per heavy atom. The highest BCUT2D eigenvalue weighted by Gasteiger charge is 2.16. The second-order valence-corrected chi connectivity index (χ2v) is 3.05. The number of amidine groups is 1. The van der Waals surface area contributed by atoms with Crippen molar-refractivity contribution in [3.05, 3.63) is 0 Å². The van der Waals surface area contributed by atoms with Crippen LogP contribution in [0.2, 0.25) is 0 Å². The zero-order valence-corrected chi connectivity index (χ0v) is 7.19. The van der Waals surface area contributed by atoms with E-state index in [1.807, 2.05) is 0 Å². The highest BCUT2D eigenvalue weighted by molar-refractivity contribution is 5.82. The maximum atomic E-state index is 12.1. The molecule has 4 heteroatoms. The Labute approximate surface area is 71.1 Å². The van der Waals surface area contributed by atoms with Crippen LogP contribution in [0, 0.1) is 0 Å². The van der Waals surface area contributed by atoms with Crippen molar-refractivity contribution in [2.24, 2.45) is 4.99 Å². The minimum atomic E-state index is -2.31. The second kappa shape index (κ2) is 4.38. The monoisotopic (exact) mass is 176 g/mol. The minimum Gasteiger partial charge on any atom is -0.366 e. The maximum Gasteiger partial charge on any atom is 0.258 e. The van der Waals surface area contributed by atoms with Gasteiger partial charge in [-0.05, 0) is 19.8 Å². The van der Waals surface area contributed by atoms with Gasteiger partial charge in [0, 0.05) is 13.0 Å². The Hall–Kier alpha value is -0.670. The van der Waals surface area contributed by atoms with E-state index in [9.17, 15) is 8.78 Å². The average Bonchev–Trinajstić information content (AvgIpc) is 2.06. The van der Waals surface area contributed by atoms with Crippen LogP contribution < -0.4 is 5.32 Å². The van der Waals surface area contributed by atoms with E-state index in [2.05, 4.69) is 10.3 Å². The van der Waals surface area contributed by atoms with Crippen LogP contribution in [0.25, 0.3) is 0 Å². The first-order valence-electron chi connectivity index (χ1n) is 4.28. The number of nitrogens with zero attached hydrogens (tertiary/aromatic N) is 1. The number of alkyl halides is 2. The van der Waals surface area contributed by atoms with E-state index in [4.69, 9.17) is 0 Å². The Kier molecular flexibility index (Phi) is 3.44. The fourth-order valence-electron chi connectivity index (χ4n) is 1.14. The van der Waals surface area contributed by atoms with Crippen LogP contribution in [0.3, 0.4) is 0 Å². The molecule has 1 heterocycles. The van der Waals surface area contributed by atoms with Crippen molar-refractivity contribution < 1.29 is 8.78 Å². The van der Waals surface area contributed by atoms with E-state index in [-0.39, 0.29) is 0 Å². The summed E-state index contributed by atoms with van der Waals surface area (Å²) in [4.78, 5) is 4.12. The van der Waals surface area contributed by atoms with Gasteiger partial charge in [-0.25, -0.2) is 8.78 Å². The first kappa shape index (κ1) is 9.42. The van der Waals surface area contributed by atoms with Crippen LogP contribution in [0.4, 0.5) is 8.78 Å². The summed E-state index contributed by atoms with van der Waals surface area (Å²) in [7, 11) is 0. The smallest absolute Gasteiger partial charge is 0.258 e. The zero-order valence-electron chi connectivity index (χ0n) is 7.19. The lowest BCUT2D eigenvalue weighted by atomic mass is 10.1. The van der Waals surface area contributed by atoms with Crippen LogP contribution in [0.15, 0.2) is 4.99 Å². The van der Waals surface area contributed by atoms with E-state index >= 15 is 0 Å². The van der Waals surface area contributed by atoms with E-state index < -0.39 is 12.5 Å². The third kappa shape index (κ3) is 2.75.